The van der Waals surface area contributed by atoms with Crippen molar-refractivity contribution >= 4 is 40.7 Å². The first kappa shape index (κ1) is 24.5. The fraction of sp³-hybridized carbons (Fsp3) is 0.240. The number of esters is 2. The molecule has 2 aromatic carbocycles. The number of imidazole rings is 1. The number of carbonyl (C=O) groups is 2. The van der Waals surface area contributed by atoms with E-state index < -0.39 is 40.8 Å². The molecule has 0 bridgehead atoms. The Morgan fingerprint density at radius 2 is 1.73 bits per heavy atom. The Hall–Kier alpha value is -4.22. The van der Waals surface area contributed by atoms with Gasteiger partial charge in [0.1, 0.15) is 17.6 Å². The molecule has 1 saturated heterocycles. The second kappa shape index (κ2) is 9.68. The molecule has 190 valence electrons. The molecule has 1 aliphatic heterocycles. The van der Waals surface area contributed by atoms with E-state index in [2.05, 4.69) is 15.0 Å². The summed E-state index contributed by atoms with van der Waals surface area (Å²) in [5.41, 5.74) is 6.03. The smallest absolute Gasteiger partial charge is 0.338 e. The summed E-state index contributed by atoms with van der Waals surface area (Å²) in [6.07, 6.45) is -1.69. The number of nitrogen functional groups attached to an aromatic ring is 1. The second-order valence-electron chi connectivity index (χ2n) is 8.61. The maximum absolute atomic E-state index is 13.0. The van der Waals surface area contributed by atoms with Gasteiger partial charge in [0.25, 0.3) is 5.56 Å². The molecule has 4 aromatic rings. The molecule has 3 heterocycles. The van der Waals surface area contributed by atoms with Crippen LogP contribution in [0.1, 0.15) is 33.9 Å². The number of H-pyrrole nitrogens is 1. The maximum Gasteiger partial charge on any atom is 0.338 e. The molecule has 0 radical (unpaired) electrons. The van der Waals surface area contributed by atoms with Crippen LogP contribution in [0.5, 0.6) is 0 Å². The summed E-state index contributed by atoms with van der Waals surface area (Å²) in [6.45, 7) is 1.35. The lowest BCUT2D eigenvalue weighted by atomic mass is 10.0. The Bertz CT molecular complexity index is 1500. The molecule has 1 fully saturated rings. The lowest BCUT2D eigenvalue weighted by Crippen LogP contribution is -2.43. The number of nitrogens with two attached hydrogens (primary N) is 1. The number of nitrogens with one attached hydrogen (secondary N) is 1. The molecule has 0 saturated carbocycles. The molecule has 0 aliphatic carbocycles. The number of halogens is 1. The number of alkyl halides is 1. The number of carbonyl (C=O) groups excluding carboxylic acids is 2. The molecule has 1 aliphatic rings. The number of rotatable bonds is 6. The highest BCUT2D eigenvalue weighted by molar-refractivity contribution is 6.24. The van der Waals surface area contributed by atoms with Crippen LogP contribution in [0.15, 0.2) is 71.8 Å². The number of aromatic nitrogens is 4. The third-order valence-corrected chi connectivity index (χ3v) is 6.42. The van der Waals surface area contributed by atoms with Gasteiger partial charge in [-0.3, -0.25) is 14.3 Å². The van der Waals surface area contributed by atoms with Gasteiger partial charge in [0, 0.05) is 0 Å². The van der Waals surface area contributed by atoms with Crippen molar-refractivity contribution in [3.05, 3.63) is 88.5 Å². The number of fused-ring (bicyclic) bond motifs is 1. The second-order valence-corrected chi connectivity index (χ2v) is 9.42. The van der Waals surface area contributed by atoms with Crippen molar-refractivity contribution in [1.29, 1.82) is 0 Å². The SMILES string of the molecule is C[C@@]1(Cl)[C@H](OC(=O)c2ccccc2)[C@@H](COC(=O)c2ccccc2)O[C@H]1n1cnc2c(=O)[nH]c(N)nc21. The molecule has 0 spiro atoms. The molecule has 0 amide bonds. The minimum absolute atomic E-state index is 0.0297. The quantitative estimate of drug-likeness (QED) is 0.287. The fourth-order valence-corrected chi connectivity index (χ4v) is 4.56. The lowest BCUT2D eigenvalue weighted by Gasteiger charge is -2.29. The maximum atomic E-state index is 13.0. The van der Waals surface area contributed by atoms with Crippen LogP contribution >= 0.6 is 11.6 Å². The Balaban J connectivity index is 1.47. The van der Waals surface area contributed by atoms with Crippen LogP contribution in [0, 0.1) is 0 Å². The topological polar surface area (TPSA) is 151 Å². The molecule has 12 heteroatoms. The first-order valence-corrected chi connectivity index (χ1v) is 11.7. The van der Waals surface area contributed by atoms with Crippen LogP contribution in [0.2, 0.25) is 0 Å². The number of anilines is 1. The van der Waals surface area contributed by atoms with Crippen molar-refractivity contribution in [2.45, 2.75) is 30.2 Å². The minimum atomic E-state index is -1.39. The number of ether oxygens (including phenoxy) is 3. The number of hydrogen-bond acceptors (Lipinski definition) is 9. The number of aromatic amines is 1. The van der Waals surface area contributed by atoms with E-state index in [-0.39, 0.29) is 23.7 Å². The van der Waals surface area contributed by atoms with E-state index in [4.69, 9.17) is 31.5 Å². The molecular formula is C25H22ClN5O6. The average molecular weight is 524 g/mol. The van der Waals surface area contributed by atoms with E-state index in [1.165, 1.54) is 10.9 Å². The van der Waals surface area contributed by atoms with Crippen LogP contribution in [-0.2, 0) is 14.2 Å². The van der Waals surface area contributed by atoms with Gasteiger partial charge in [0.05, 0.1) is 17.5 Å². The van der Waals surface area contributed by atoms with Crippen LogP contribution in [-0.4, -0.2) is 55.1 Å². The largest absolute Gasteiger partial charge is 0.459 e. The van der Waals surface area contributed by atoms with Gasteiger partial charge < -0.3 is 19.9 Å². The zero-order valence-corrected chi connectivity index (χ0v) is 20.3. The third kappa shape index (κ3) is 4.66. The Morgan fingerprint density at radius 3 is 2.38 bits per heavy atom. The molecular weight excluding hydrogens is 502 g/mol. The third-order valence-electron chi connectivity index (χ3n) is 6.02. The van der Waals surface area contributed by atoms with E-state index in [1.54, 1.807) is 67.6 Å². The zero-order chi connectivity index (χ0) is 26.2. The van der Waals surface area contributed by atoms with Crippen molar-refractivity contribution in [1.82, 2.24) is 19.5 Å². The van der Waals surface area contributed by atoms with Crippen LogP contribution in [0.3, 0.4) is 0 Å². The number of nitrogens with zero attached hydrogens (tertiary/aromatic N) is 3. The standard InChI is InChI=1S/C25H22ClN5O6/c1-25(26)18(37-22(34)15-10-6-3-7-11-15)16(12-35-21(33)14-8-4-2-5-9-14)36-23(25)31-13-28-17-19(31)29-24(27)30-20(17)32/h2-11,13,16,18,23H,12H2,1H3,(H3,27,29,30,32)/t16-,18-,23-,25-/m1/s1. The Labute approximate surface area is 215 Å². The van der Waals surface area contributed by atoms with Crippen molar-refractivity contribution in [3.8, 4) is 0 Å². The summed E-state index contributed by atoms with van der Waals surface area (Å²) in [5.74, 6) is -1.32. The highest BCUT2D eigenvalue weighted by Crippen LogP contribution is 2.46. The highest BCUT2D eigenvalue weighted by atomic mass is 35.5. The van der Waals surface area contributed by atoms with E-state index in [0.29, 0.717) is 11.1 Å². The van der Waals surface area contributed by atoms with E-state index in [1.807, 2.05) is 0 Å². The lowest BCUT2D eigenvalue weighted by molar-refractivity contribution is -0.0565. The predicted molar refractivity (Wildman–Crippen MR) is 133 cm³/mol. The van der Waals surface area contributed by atoms with E-state index >= 15 is 0 Å². The first-order valence-electron chi connectivity index (χ1n) is 11.3. The molecule has 2 aromatic heterocycles. The normalized spacial score (nSPS) is 23.1. The minimum Gasteiger partial charge on any atom is -0.459 e. The van der Waals surface area contributed by atoms with Crippen molar-refractivity contribution < 1.29 is 23.8 Å². The fourth-order valence-electron chi connectivity index (χ4n) is 4.22. The summed E-state index contributed by atoms with van der Waals surface area (Å²) in [5, 5.41) is 0. The summed E-state index contributed by atoms with van der Waals surface area (Å²) in [4.78, 5) is 47.1. The van der Waals surface area contributed by atoms with Crippen LogP contribution in [0.25, 0.3) is 11.2 Å². The van der Waals surface area contributed by atoms with Gasteiger partial charge in [0.2, 0.25) is 5.95 Å². The zero-order valence-electron chi connectivity index (χ0n) is 19.5. The Morgan fingerprint density at radius 1 is 1.11 bits per heavy atom. The van der Waals surface area contributed by atoms with Gasteiger partial charge >= 0.3 is 11.9 Å². The predicted octanol–water partition coefficient (Wildman–Crippen LogP) is 2.68. The first-order chi connectivity index (χ1) is 17.8. The molecule has 4 atom stereocenters. The average Bonchev–Trinajstić information content (AvgIpc) is 3.41. The van der Waals surface area contributed by atoms with Gasteiger partial charge in [0.15, 0.2) is 23.5 Å². The van der Waals surface area contributed by atoms with Gasteiger partial charge in [-0.25, -0.2) is 14.6 Å². The molecule has 3 N–H and O–H groups in total. The van der Waals surface area contributed by atoms with Crippen molar-refractivity contribution in [3.63, 3.8) is 0 Å². The monoisotopic (exact) mass is 523 g/mol. The van der Waals surface area contributed by atoms with Crippen LogP contribution in [0.4, 0.5) is 5.95 Å². The van der Waals surface area contributed by atoms with E-state index in [9.17, 15) is 14.4 Å². The molecule has 11 nitrogen and oxygen atoms in total. The van der Waals surface area contributed by atoms with Gasteiger partial charge in [-0.2, -0.15) is 4.98 Å². The van der Waals surface area contributed by atoms with Crippen LogP contribution < -0.4 is 11.3 Å². The van der Waals surface area contributed by atoms with Crippen molar-refractivity contribution in [2.24, 2.45) is 0 Å². The van der Waals surface area contributed by atoms with Gasteiger partial charge in [-0.1, -0.05) is 36.4 Å². The molecule has 0 unspecified atom stereocenters. The van der Waals surface area contributed by atoms with Crippen molar-refractivity contribution in [2.75, 3.05) is 12.3 Å². The summed E-state index contributed by atoms with van der Waals surface area (Å²) < 4.78 is 18.9. The number of benzene rings is 2. The van der Waals surface area contributed by atoms with Gasteiger partial charge in [-0.15, -0.1) is 11.6 Å². The summed E-state index contributed by atoms with van der Waals surface area (Å²) in [6, 6.07) is 16.8. The van der Waals surface area contributed by atoms with Gasteiger partial charge in [-0.05, 0) is 31.2 Å². The Kier molecular flexibility index (Phi) is 6.40. The van der Waals surface area contributed by atoms with E-state index in [0.717, 1.165) is 0 Å². The molecule has 5 rings (SSSR count). The molecule has 37 heavy (non-hydrogen) atoms. The summed E-state index contributed by atoms with van der Waals surface area (Å²) >= 11 is 6.99. The highest BCUT2D eigenvalue weighted by Gasteiger charge is 2.57. The number of hydrogen-bond donors (Lipinski definition) is 2. The summed E-state index contributed by atoms with van der Waals surface area (Å²) in [7, 11) is 0.